The molecule has 3 aromatic rings. The van der Waals surface area contributed by atoms with Gasteiger partial charge >= 0.3 is 6.09 Å². The predicted molar refractivity (Wildman–Crippen MR) is 231 cm³/mol. The number of nitrogens with one attached hydrogen (secondary N) is 3. The van der Waals surface area contributed by atoms with E-state index < -0.39 is 74.1 Å². The number of hydrogen-bond donors (Lipinski definition) is 4. The number of benzene rings is 2. The lowest BCUT2D eigenvalue weighted by molar-refractivity contribution is -0.142. The molecule has 0 radical (unpaired) electrons. The fraction of sp³-hybridized carbons (Fsp3) is 0.511. The monoisotopic (exact) mass is 872 g/mol. The third kappa shape index (κ3) is 8.81. The molecule has 16 nitrogen and oxygen atoms in total. The van der Waals surface area contributed by atoms with Crippen molar-refractivity contribution in [3.8, 4) is 11.6 Å². The van der Waals surface area contributed by atoms with E-state index in [4.69, 9.17) is 9.47 Å². The van der Waals surface area contributed by atoms with Crippen LogP contribution in [0.5, 0.6) is 11.6 Å². The number of carbonyl (C=O) groups excluding carboxylic acids is 4. The van der Waals surface area contributed by atoms with Gasteiger partial charge in [-0.15, -0.1) is 0 Å². The topological polar surface area (TPSA) is 214 Å². The van der Waals surface area contributed by atoms with Crippen LogP contribution in [0.4, 0.5) is 10.5 Å². The third-order valence-corrected chi connectivity index (χ3v) is 15.2. The van der Waals surface area contributed by atoms with Crippen molar-refractivity contribution in [1.82, 2.24) is 25.2 Å². The smallest absolute Gasteiger partial charge is 0.405 e. The highest BCUT2D eigenvalue weighted by atomic mass is 32.2. The Bertz CT molecular complexity index is 2370. The first-order chi connectivity index (χ1) is 29.5. The van der Waals surface area contributed by atoms with E-state index in [0.29, 0.717) is 66.4 Å². The number of methoxy groups -OCH3 is 1. The van der Waals surface area contributed by atoms with Crippen molar-refractivity contribution in [2.24, 2.45) is 17.8 Å². The molecule has 3 heterocycles. The number of pyridine rings is 1. The number of fused-ring (bicyclic) bond motifs is 3. The number of anilines is 1. The Balaban J connectivity index is 1.25. The molecule has 17 heteroatoms. The Morgan fingerprint density at radius 2 is 1.81 bits per heavy atom. The van der Waals surface area contributed by atoms with Gasteiger partial charge in [-0.05, 0) is 94.5 Å². The minimum Gasteiger partial charge on any atom is -0.497 e. The molecule has 1 aromatic heterocycles. The zero-order chi connectivity index (χ0) is 44.6. The van der Waals surface area contributed by atoms with E-state index in [1.165, 1.54) is 18.2 Å². The van der Waals surface area contributed by atoms with E-state index in [-0.39, 0.29) is 37.1 Å². The fourth-order valence-corrected chi connectivity index (χ4v) is 10.2. The normalized spacial score (nSPS) is 27.1. The molecule has 2 aliphatic heterocycles. The lowest BCUT2D eigenvalue weighted by Gasteiger charge is -2.33. The molecule has 62 heavy (non-hydrogen) atoms. The molecule has 7 atom stereocenters. The first-order valence-corrected chi connectivity index (χ1v) is 22.9. The number of rotatable bonds is 11. The molecule has 4 N–H and O–H groups in total. The minimum absolute atomic E-state index is 0.0617. The zero-order valence-corrected chi connectivity index (χ0v) is 36.6. The zero-order valence-electron chi connectivity index (χ0n) is 35.8. The molecule has 3 fully saturated rings. The summed E-state index contributed by atoms with van der Waals surface area (Å²) in [7, 11) is -2.51. The van der Waals surface area contributed by atoms with Gasteiger partial charge in [0.2, 0.25) is 27.7 Å². The molecule has 2 aromatic carbocycles. The summed E-state index contributed by atoms with van der Waals surface area (Å²) >= 11 is 0. The average Bonchev–Trinajstić information content (AvgIpc) is 4.14. The Morgan fingerprint density at radius 3 is 2.47 bits per heavy atom. The number of allylic oxidation sites excluding steroid dienone is 1. The second-order valence-corrected chi connectivity index (χ2v) is 19.6. The van der Waals surface area contributed by atoms with E-state index >= 15 is 0 Å². The largest absolute Gasteiger partial charge is 0.497 e. The predicted octanol–water partition coefficient (Wildman–Crippen LogP) is 5.17. The number of sulfonamides is 1. The van der Waals surface area contributed by atoms with Crippen molar-refractivity contribution in [2.75, 3.05) is 25.1 Å². The van der Waals surface area contributed by atoms with Crippen LogP contribution >= 0.6 is 0 Å². The van der Waals surface area contributed by atoms with Crippen molar-refractivity contribution in [3.05, 3.63) is 72.4 Å². The van der Waals surface area contributed by atoms with Gasteiger partial charge in [0.1, 0.15) is 29.5 Å². The number of amides is 5. The molecule has 4 aliphatic rings. The molecule has 2 saturated carbocycles. The van der Waals surface area contributed by atoms with Crippen molar-refractivity contribution in [1.29, 1.82) is 0 Å². The Morgan fingerprint density at radius 1 is 1.06 bits per heavy atom. The summed E-state index contributed by atoms with van der Waals surface area (Å²) in [5, 5.41) is 16.4. The minimum atomic E-state index is -4.05. The number of carboxylic acid groups (broad SMARTS) is 1. The molecule has 332 valence electrons. The summed E-state index contributed by atoms with van der Waals surface area (Å²) in [6, 6.07) is 11.7. The van der Waals surface area contributed by atoms with E-state index in [0.717, 1.165) is 6.42 Å². The van der Waals surface area contributed by atoms with Crippen molar-refractivity contribution in [3.63, 3.8) is 0 Å². The summed E-state index contributed by atoms with van der Waals surface area (Å²) < 4.78 is 39.8. The average molecular weight is 873 g/mol. The second-order valence-electron chi connectivity index (χ2n) is 17.4. The molecule has 0 unspecified atom stereocenters. The van der Waals surface area contributed by atoms with Gasteiger partial charge in [-0.3, -0.25) is 23.9 Å². The van der Waals surface area contributed by atoms with Crippen LogP contribution in [0.25, 0.3) is 10.8 Å². The summed E-state index contributed by atoms with van der Waals surface area (Å²) in [5.74, 6) is -2.52. The van der Waals surface area contributed by atoms with Gasteiger partial charge in [-0.2, -0.15) is 0 Å². The van der Waals surface area contributed by atoms with Crippen LogP contribution in [-0.4, -0.2) is 102 Å². The lowest BCUT2D eigenvalue weighted by atomic mass is 9.85. The van der Waals surface area contributed by atoms with E-state index in [1.807, 2.05) is 39.0 Å². The van der Waals surface area contributed by atoms with Gasteiger partial charge in [0, 0.05) is 35.2 Å². The third-order valence-electron chi connectivity index (χ3n) is 13.1. The van der Waals surface area contributed by atoms with Crippen LogP contribution in [0.2, 0.25) is 0 Å². The van der Waals surface area contributed by atoms with Crippen molar-refractivity contribution in [2.45, 2.75) is 108 Å². The molecular formula is C45H56N6O10S. The Labute approximate surface area is 361 Å². The van der Waals surface area contributed by atoms with Crippen LogP contribution < -0.4 is 29.7 Å². The molecular weight excluding hydrogens is 817 g/mol. The van der Waals surface area contributed by atoms with Crippen LogP contribution in [0.1, 0.15) is 89.4 Å². The highest BCUT2D eigenvalue weighted by Gasteiger charge is 2.63. The maximum atomic E-state index is 14.8. The highest BCUT2D eigenvalue weighted by molar-refractivity contribution is 7.91. The number of ether oxygens (including phenoxy) is 2. The number of nitrogens with zero attached hydrogens (tertiary/aromatic N) is 3. The van der Waals surface area contributed by atoms with Gasteiger partial charge in [-0.25, -0.2) is 18.2 Å². The SMILES string of the molecule is CC[C@@H]1C[C@H](C)CCC=C[C@@H]2C[C@@]2(C(=O)NS(=O)(=O)C2(C)CC2)NC(=O)[C@@H]2C[C@@H](Oc3ncc(N(CC)C(=O)c4ccccc4)c4cc(OC)ccc34)CN2C(=O)[C@H]1NC(=O)O. The van der Waals surface area contributed by atoms with Crippen molar-refractivity contribution >= 4 is 56.2 Å². The lowest BCUT2D eigenvalue weighted by Crippen LogP contribution is -2.59. The Hall–Kier alpha value is -5.71. The maximum absolute atomic E-state index is 14.8. The standard InChI is InChI=1S/C45H56N6O10S/c1-6-28-21-27(3)13-11-12-16-30-24-45(30,42(55)49-62(58,59)44(4)19-20-44)48-38(52)35-23-32(26-51(35)41(54)37(28)47-43(56)57)61-39-33-18-17-31(60-5)22-34(33)36(25-46-39)50(7-2)40(53)29-14-9-8-10-15-29/h8-10,12,14-18,22,25,27-28,30,32,35,37,47H,6-7,11,13,19-21,23-24,26H2,1-5H3,(H,48,52)(H,49,55)(H,56,57)/t27-,28-,30-,32-,35+,37+,45-/m1/s1. The fourth-order valence-electron chi connectivity index (χ4n) is 8.88. The Kier molecular flexibility index (Phi) is 12.6. The van der Waals surface area contributed by atoms with Crippen LogP contribution in [0.3, 0.4) is 0 Å². The van der Waals surface area contributed by atoms with E-state index in [9.17, 15) is 37.5 Å². The van der Waals surface area contributed by atoms with Gasteiger partial charge in [0.25, 0.3) is 11.8 Å². The molecule has 2 aliphatic carbocycles. The first kappa shape index (κ1) is 44.3. The highest BCUT2D eigenvalue weighted by Crippen LogP contribution is 2.48. The van der Waals surface area contributed by atoms with Crippen LogP contribution in [0.15, 0.2) is 66.9 Å². The van der Waals surface area contributed by atoms with E-state index in [1.54, 1.807) is 54.3 Å². The first-order valence-electron chi connectivity index (χ1n) is 21.4. The second kappa shape index (κ2) is 17.6. The number of carbonyl (C=O) groups is 5. The van der Waals surface area contributed by atoms with Crippen LogP contribution in [-0.2, 0) is 24.4 Å². The maximum Gasteiger partial charge on any atom is 0.405 e. The quantitative estimate of drug-likeness (QED) is 0.185. The summed E-state index contributed by atoms with van der Waals surface area (Å²) in [6.07, 6.45) is 6.34. The van der Waals surface area contributed by atoms with Gasteiger partial charge in [0.15, 0.2) is 0 Å². The molecule has 5 amide bonds. The van der Waals surface area contributed by atoms with E-state index in [2.05, 4.69) is 20.3 Å². The van der Waals surface area contributed by atoms with Crippen molar-refractivity contribution < 1.29 is 47.0 Å². The molecule has 0 spiro atoms. The molecule has 0 bridgehead atoms. The molecule has 7 rings (SSSR count). The number of hydrogen-bond acceptors (Lipinski definition) is 10. The van der Waals surface area contributed by atoms with Gasteiger partial charge in [-0.1, -0.05) is 50.6 Å². The number of aromatic nitrogens is 1. The van der Waals surface area contributed by atoms with Gasteiger partial charge < -0.3 is 35.0 Å². The van der Waals surface area contributed by atoms with Crippen LogP contribution in [0, 0.1) is 17.8 Å². The summed E-state index contributed by atoms with van der Waals surface area (Å²) in [5.41, 5.74) is -0.594. The molecule has 1 saturated heterocycles. The summed E-state index contributed by atoms with van der Waals surface area (Å²) in [6.45, 7) is 7.55. The summed E-state index contributed by atoms with van der Waals surface area (Å²) in [4.78, 5) is 77.0. The van der Waals surface area contributed by atoms with Gasteiger partial charge in [0.05, 0.1) is 30.3 Å².